The lowest BCUT2D eigenvalue weighted by Gasteiger charge is -2.23. The van der Waals surface area contributed by atoms with E-state index in [0.29, 0.717) is 22.3 Å². The van der Waals surface area contributed by atoms with Gasteiger partial charge in [0, 0.05) is 39.9 Å². The summed E-state index contributed by atoms with van der Waals surface area (Å²) in [5, 5.41) is 12.7. The highest BCUT2D eigenvalue weighted by atomic mass is 16.5. The summed E-state index contributed by atoms with van der Waals surface area (Å²) in [5.41, 5.74) is 4.49. The van der Waals surface area contributed by atoms with Crippen LogP contribution in [0.4, 0.5) is 5.69 Å². The zero-order valence-electron chi connectivity index (χ0n) is 17.5. The summed E-state index contributed by atoms with van der Waals surface area (Å²) < 4.78 is 11.2. The van der Waals surface area contributed by atoms with Gasteiger partial charge in [-0.15, -0.1) is 0 Å². The summed E-state index contributed by atoms with van der Waals surface area (Å²) in [6.07, 6.45) is 0. The normalized spacial score (nSPS) is 11.6. The first-order chi connectivity index (χ1) is 14.3. The Kier molecular flexibility index (Phi) is 4.82. The Morgan fingerprint density at radius 1 is 1.00 bits per heavy atom. The minimum absolute atomic E-state index is 0.0980. The molecule has 0 spiro atoms. The zero-order valence-corrected chi connectivity index (χ0v) is 17.5. The number of hydrogen-bond acceptors (Lipinski definition) is 5. The highest BCUT2D eigenvalue weighted by Crippen LogP contribution is 2.41. The van der Waals surface area contributed by atoms with E-state index in [2.05, 4.69) is 26.1 Å². The summed E-state index contributed by atoms with van der Waals surface area (Å²) in [5.74, 6) is 0.202. The molecule has 0 fully saturated rings. The predicted octanol–water partition coefficient (Wildman–Crippen LogP) is 5.68. The van der Waals surface area contributed by atoms with Gasteiger partial charge >= 0.3 is 5.97 Å². The van der Waals surface area contributed by atoms with Crippen LogP contribution in [0.2, 0.25) is 0 Å². The van der Waals surface area contributed by atoms with Crippen molar-refractivity contribution in [3.8, 4) is 22.5 Å². The SMILES string of the molecule is COC(=O)c1ccccc1-c1c2ccc(=N)cc-2oc2cc(NC(C)(C)C)ccc12. The largest absolute Gasteiger partial charge is 0.465 e. The van der Waals surface area contributed by atoms with Crippen LogP contribution in [0.5, 0.6) is 0 Å². The molecule has 2 aromatic rings. The van der Waals surface area contributed by atoms with E-state index in [0.717, 1.165) is 27.8 Å². The molecular weight excluding hydrogens is 376 g/mol. The number of carbonyl (C=O) groups is 1. The minimum atomic E-state index is -0.393. The number of benzene rings is 3. The molecule has 5 nitrogen and oxygen atoms in total. The van der Waals surface area contributed by atoms with Crippen LogP contribution in [-0.4, -0.2) is 18.6 Å². The van der Waals surface area contributed by atoms with E-state index < -0.39 is 5.97 Å². The fourth-order valence-electron chi connectivity index (χ4n) is 3.68. The standard InChI is InChI=1S/C25H24N2O3/c1-25(2,3)27-16-10-12-20-22(14-16)30-21-13-15(26)9-11-19(21)23(20)17-7-5-6-8-18(17)24(28)29-4/h5-14,26-27H,1-4H3. The van der Waals surface area contributed by atoms with Crippen LogP contribution >= 0.6 is 0 Å². The molecule has 0 aromatic heterocycles. The summed E-state index contributed by atoms with van der Waals surface area (Å²) >= 11 is 0. The van der Waals surface area contributed by atoms with Crippen molar-refractivity contribution in [2.45, 2.75) is 26.3 Å². The van der Waals surface area contributed by atoms with Crippen molar-refractivity contribution in [3.63, 3.8) is 0 Å². The van der Waals surface area contributed by atoms with Crippen molar-refractivity contribution >= 4 is 22.6 Å². The number of esters is 1. The third-order valence-electron chi connectivity index (χ3n) is 4.84. The number of carbonyl (C=O) groups excluding carboxylic acids is 1. The van der Waals surface area contributed by atoms with Crippen molar-refractivity contribution in [3.05, 3.63) is 71.6 Å². The van der Waals surface area contributed by atoms with Gasteiger partial charge in [-0.1, -0.05) is 18.2 Å². The monoisotopic (exact) mass is 400 g/mol. The molecule has 2 aliphatic rings. The lowest BCUT2D eigenvalue weighted by Crippen LogP contribution is -2.25. The Morgan fingerprint density at radius 3 is 2.50 bits per heavy atom. The second kappa shape index (κ2) is 7.34. The first-order valence-corrected chi connectivity index (χ1v) is 9.78. The van der Waals surface area contributed by atoms with Crippen molar-refractivity contribution in [1.29, 1.82) is 5.41 Å². The highest BCUT2D eigenvalue weighted by molar-refractivity contribution is 6.08. The summed E-state index contributed by atoms with van der Waals surface area (Å²) in [6, 6.07) is 18.7. The minimum Gasteiger partial charge on any atom is -0.465 e. The molecule has 30 heavy (non-hydrogen) atoms. The van der Waals surface area contributed by atoms with Gasteiger partial charge in [-0.05, 0) is 56.7 Å². The molecule has 0 unspecified atom stereocenters. The second-order valence-corrected chi connectivity index (χ2v) is 8.31. The molecule has 0 amide bonds. The van der Waals surface area contributed by atoms with E-state index >= 15 is 0 Å². The number of anilines is 1. The van der Waals surface area contributed by atoms with Gasteiger partial charge in [-0.25, -0.2) is 4.79 Å². The first kappa shape index (κ1) is 19.7. The number of methoxy groups -OCH3 is 1. The Balaban J connectivity index is 2.07. The van der Waals surface area contributed by atoms with Gasteiger partial charge in [0.15, 0.2) is 0 Å². The predicted molar refractivity (Wildman–Crippen MR) is 119 cm³/mol. The molecule has 152 valence electrons. The molecule has 5 heteroatoms. The molecule has 2 aromatic carbocycles. The number of rotatable bonds is 3. The van der Waals surface area contributed by atoms with Crippen molar-refractivity contribution < 1.29 is 13.9 Å². The molecule has 1 aliphatic heterocycles. The summed E-state index contributed by atoms with van der Waals surface area (Å²) in [4.78, 5) is 12.5. The van der Waals surface area contributed by atoms with Gasteiger partial charge in [-0.2, -0.15) is 0 Å². The zero-order chi connectivity index (χ0) is 21.5. The fraction of sp³-hybridized carbons (Fsp3) is 0.200. The second-order valence-electron chi connectivity index (χ2n) is 8.31. The van der Waals surface area contributed by atoms with Gasteiger partial charge < -0.3 is 19.9 Å². The fourth-order valence-corrected chi connectivity index (χ4v) is 3.68. The Hall–Kier alpha value is -3.60. The molecule has 0 saturated heterocycles. The van der Waals surface area contributed by atoms with Gasteiger partial charge in [0.25, 0.3) is 0 Å². The molecule has 0 atom stereocenters. The van der Waals surface area contributed by atoms with E-state index in [1.165, 1.54) is 7.11 Å². The highest BCUT2D eigenvalue weighted by Gasteiger charge is 2.22. The molecule has 0 saturated carbocycles. The van der Waals surface area contributed by atoms with Crippen molar-refractivity contribution in [1.82, 2.24) is 0 Å². The van der Waals surface area contributed by atoms with Crippen LogP contribution in [-0.2, 0) is 4.74 Å². The summed E-state index contributed by atoms with van der Waals surface area (Å²) in [6.45, 7) is 6.29. The summed E-state index contributed by atoms with van der Waals surface area (Å²) in [7, 11) is 1.38. The lowest BCUT2D eigenvalue weighted by molar-refractivity contribution is 0.0601. The first-order valence-electron chi connectivity index (χ1n) is 9.78. The third kappa shape index (κ3) is 3.66. The Morgan fingerprint density at radius 2 is 1.77 bits per heavy atom. The molecule has 4 rings (SSSR count). The van der Waals surface area contributed by atoms with Crippen LogP contribution in [0.3, 0.4) is 0 Å². The van der Waals surface area contributed by atoms with Gasteiger partial charge in [-0.3, -0.25) is 0 Å². The van der Waals surface area contributed by atoms with Crippen LogP contribution < -0.4 is 10.7 Å². The van der Waals surface area contributed by atoms with E-state index in [1.54, 1.807) is 18.2 Å². The van der Waals surface area contributed by atoms with Gasteiger partial charge in [0.2, 0.25) is 0 Å². The maximum Gasteiger partial charge on any atom is 0.338 e. The maximum absolute atomic E-state index is 12.5. The van der Waals surface area contributed by atoms with Gasteiger partial charge in [0.1, 0.15) is 11.3 Å². The Bertz CT molecular complexity index is 1280. The van der Waals surface area contributed by atoms with Crippen LogP contribution in [0.1, 0.15) is 31.1 Å². The number of nitrogens with one attached hydrogen (secondary N) is 2. The van der Waals surface area contributed by atoms with Crippen LogP contribution in [0.15, 0.2) is 65.1 Å². The van der Waals surface area contributed by atoms with E-state index in [9.17, 15) is 4.79 Å². The quantitative estimate of drug-likeness (QED) is 0.343. The molecule has 1 heterocycles. The average molecular weight is 400 g/mol. The third-order valence-corrected chi connectivity index (χ3v) is 4.84. The molecule has 1 aliphatic carbocycles. The van der Waals surface area contributed by atoms with E-state index in [4.69, 9.17) is 14.6 Å². The molecular formula is C25H24N2O3. The van der Waals surface area contributed by atoms with E-state index in [-0.39, 0.29) is 5.54 Å². The van der Waals surface area contributed by atoms with Crippen LogP contribution in [0.25, 0.3) is 33.4 Å². The smallest absolute Gasteiger partial charge is 0.338 e. The Labute approximate surface area is 175 Å². The van der Waals surface area contributed by atoms with Gasteiger partial charge in [0.05, 0.1) is 18.0 Å². The van der Waals surface area contributed by atoms with Crippen molar-refractivity contribution in [2.24, 2.45) is 0 Å². The molecule has 0 radical (unpaired) electrons. The van der Waals surface area contributed by atoms with Crippen LogP contribution in [0, 0.1) is 5.41 Å². The van der Waals surface area contributed by atoms with Crippen molar-refractivity contribution in [2.75, 3.05) is 12.4 Å². The number of ether oxygens (including phenoxy) is 1. The molecule has 0 bridgehead atoms. The number of fused-ring (bicyclic) bond motifs is 2. The maximum atomic E-state index is 12.5. The molecule has 2 N–H and O–H groups in total. The topological polar surface area (TPSA) is 75.3 Å². The lowest BCUT2D eigenvalue weighted by atomic mass is 9.90. The van der Waals surface area contributed by atoms with E-state index in [1.807, 2.05) is 42.5 Å². The average Bonchev–Trinajstić information content (AvgIpc) is 2.70. The number of hydrogen-bond donors (Lipinski definition) is 2.